The lowest BCUT2D eigenvalue weighted by molar-refractivity contribution is -0.107. The predicted molar refractivity (Wildman–Crippen MR) is 38.3 cm³/mol. The van der Waals surface area contributed by atoms with Crippen molar-refractivity contribution in [3.8, 4) is 0 Å². The number of carbonyl (C=O) groups is 1. The Labute approximate surface area is 58.8 Å². The van der Waals surface area contributed by atoms with Gasteiger partial charge in [0.1, 0.15) is 6.29 Å². The van der Waals surface area contributed by atoms with Crippen LogP contribution in [-0.2, 0) is 4.79 Å². The van der Waals surface area contributed by atoms with E-state index in [0.29, 0.717) is 6.42 Å². The quantitative estimate of drug-likeness (QED) is 0.630. The molecule has 10 heavy (non-hydrogen) atoms. The second kappa shape index (κ2) is 3.61. The van der Waals surface area contributed by atoms with Crippen LogP contribution < -0.4 is 0 Å². The molecular weight excluding hydrogens is 128 g/mol. The van der Waals surface area contributed by atoms with Crippen LogP contribution in [0.4, 0.5) is 0 Å². The number of rotatable bonds is 3. The van der Waals surface area contributed by atoms with Crippen LogP contribution in [0.15, 0.2) is 18.5 Å². The molecule has 0 spiro atoms. The molecule has 3 heteroatoms. The lowest BCUT2D eigenvalue weighted by atomic mass is 10.3. The fourth-order valence-corrected chi connectivity index (χ4v) is 0.612. The maximum absolute atomic E-state index is 9.86. The van der Waals surface area contributed by atoms with Gasteiger partial charge >= 0.3 is 0 Å². The highest BCUT2D eigenvalue weighted by atomic mass is 16.1. The predicted octanol–water partition coefficient (Wildman–Crippen LogP) is 1.01. The topological polar surface area (TPSA) is 45.8 Å². The van der Waals surface area contributed by atoms with Crippen molar-refractivity contribution in [2.45, 2.75) is 6.42 Å². The number of aromatic nitrogens is 2. The Morgan fingerprint density at radius 3 is 3.20 bits per heavy atom. The first-order valence-electron chi connectivity index (χ1n) is 3.02. The molecule has 0 amide bonds. The van der Waals surface area contributed by atoms with E-state index >= 15 is 0 Å². The maximum atomic E-state index is 9.86. The van der Waals surface area contributed by atoms with E-state index in [0.717, 1.165) is 11.8 Å². The van der Waals surface area contributed by atoms with Gasteiger partial charge in [-0.25, -0.2) is 0 Å². The van der Waals surface area contributed by atoms with Gasteiger partial charge in [-0.2, -0.15) is 5.10 Å². The van der Waals surface area contributed by atoms with Crippen LogP contribution in [0.1, 0.15) is 12.0 Å². The molecule has 1 rings (SSSR count). The van der Waals surface area contributed by atoms with Crippen LogP contribution in [0.3, 0.4) is 0 Å². The van der Waals surface area contributed by atoms with Gasteiger partial charge in [-0.1, -0.05) is 12.2 Å². The van der Waals surface area contributed by atoms with Crippen molar-refractivity contribution >= 4 is 12.4 Å². The van der Waals surface area contributed by atoms with Gasteiger partial charge in [0.05, 0.1) is 6.20 Å². The molecule has 0 radical (unpaired) electrons. The monoisotopic (exact) mass is 136 g/mol. The van der Waals surface area contributed by atoms with Crippen molar-refractivity contribution < 1.29 is 4.79 Å². The lowest BCUT2D eigenvalue weighted by Crippen LogP contribution is -1.65. The van der Waals surface area contributed by atoms with Crippen molar-refractivity contribution in [1.82, 2.24) is 10.2 Å². The number of hydrogen-bond acceptors (Lipinski definition) is 2. The normalized spacial score (nSPS) is 10.4. The summed E-state index contributed by atoms with van der Waals surface area (Å²) < 4.78 is 0. The van der Waals surface area contributed by atoms with Gasteiger partial charge in [0.15, 0.2) is 0 Å². The molecule has 1 aromatic rings. The highest BCUT2D eigenvalue weighted by molar-refractivity contribution is 5.57. The van der Waals surface area contributed by atoms with E-state index in [9.17, 15) is 4.79 Å². The summed E-state index contributed by atoms with van der Waals surface area (Å²) >= 11 is 0. The van der Waals surface area contributed by atoms with Crippen molar-refractivity contribution in [3.63, 3.8) is 0 Å². The molecule has 1 N–H and O–H groups in total. The maximum Gasteiger partial charge on any atom is 0.123 e. The van der Waals surface area contributed by atoms with Gasteiger partial charge < -0.3 is 4.79 Å². The molecule has 52 valence electrons. The van der Waals surface area contributed by atoms with Crippen molar-refractivity contribution in [2.24, 2.45) is 0 Å². The highest BCUT2D eigenvalue weighted by Gasteiger charge is 1.82. The minimum Gasteiger partial charge on any atom is -0.303 e. The van der Waals surface area contributed by atoms with Gasteiger partial charge in [-0.3, -0.25) is 5.10 Å². The summed E-state index contributed by atoms with van der Waals surface area (Å²) in [6, 6.07) is 0. The Kier molecular flexibility index (Phi) is 2.43. The van der Waals surface area contributed by atoms with Crippen LogP contribution in [0.5, 0.6) is 0 Å². The Hall–Kier alpha value is -1.38. The minimum atomic E-state index is 0.463. The molecule has 0 aliphatic rings. The second-order valence-corrected chi connectivity index (χ2v) is 1.84. The zero-order chi connectivity index (χ0) is 7.23. The van der Waals surface area contributed by atoms with Crippen LogP contribution in [0.25, 0.3) is 6.08 Å². The number of allylic oxidation sites excluding steroid dienone is 1. The van der Waals surface area contributed by atoms with E-state index in [1.807, 2.05) is 6.08 Å². The lowest BCUT2D eigenvalue weighted by Gasteiger charge is -1.77. The van der Waals surface area contributed by atoms with E-state index in [4.69, 9.17) is 0 Å². The summed E-state index contributed by atoms with van der Waals surface area (Å²) in [4.78, 5) is 9.86. The number of H-pyrrole nitrogens is 1. The Bertz CT molecular complexity index is 214. The Morgan fingerprint density at radius 1 is 1.70 bits per heavy atom. The number of nitrogens with zero attached hydrogens (tertiary/aromatic N) is 1. The van der Waals surface area contributed by atoms with Crippen molar-refractivity contribution in [1.29, 1.82) is 0 Å². The van der Waals surface area contributed by atoms with Crippen LogP contribution in [-0.4, -0.2) is 16.5 Å². The van der Waals surface area contributed by atoms with Gasteiger partial charge in [0, 0.05) is 18.2 Å². The molecule has 0 unspecified atom stereocenters. The largest absolute Gasteiger partial charge is 0.303 e. The van der Waals surface area contributed by atoms with Crippen molar-refractivity contribution in [2.75, 3.05) is 0 Å². The third-order valence-corrected chi connectivity index (χ3v) is 1.06. The fraction of sp³-hybridized carbons (Fsp3) is 0.143. The van der Waals surface area contributed by atoms with Crippen molar-refractivity contribution in [3.05, 3.63) is 24.0 Å². The Morgan fingerprint density at radius 2 is 2.60 bits per heavy atom. The first kappa shape index (κ1) is 6.74. The SMILES string of the molecule is O=CCC=Cc1cn[nH]c1. The van der Waals surface area contributed by atoms with Gasteiger partial charge in [-0.15, -0.1) is 0 Å². The van der Waals surface area contributed by atoms with Crippen LogP contribution in [0, 0.1) is 0 Å². The van der Waals surface area contributed by atoms with Gasteiger partial charge in [0.25, 0.3) is 0 Å². The third kappa shape index (κ3) is 1.85. The van der Waals surface area contributed by atoms with E-state index < -0.39 is 0 Å². The van der Waals surface area contributed by atoms with Gasteiger partial charge in [-0.05, 0) is 0 Å². The summed E-state index contributed by atoms with van der Waals surface area (Å²) in [6.45, 7) is 0. The zero-order valence-corrected chi connectivity index (χ0v) is 5.45. The number of nitrogens with one attached hydrogen (secondary N) is 1. The van der Waals surface area contributed by atoms with Gasteiger partial charge in [0.2, 0.25) is 0 Å². The molecule has 0 aliphatic heterocycles. The minimum absolute atomic E-state index is 0.463. The highest BCUT2D eigenvalue weighted by Crippen LogP contribution is 1.96. The smallest absolute Gasteiger partial charge is 0.123 e. The number of hydrogen-bond donors (Lipinski definition) is 1. The second-order valence-electron chi connectivity index (χ2n) is 1.84. The number of aromatic amines is 1. The molecule has 1 heterocycles. The van der Waals surface area contributed by atoms with Crippen LogP contribution >= 0.6 is 0 Å². The first-order valence-corrected chi connectivity index (χ1v) is 3.02. The van der Waals surface area contributed by atoms with Crippen LogP contribution in [0.2, 0.25) is 0 Å². The fourth-order valence-electron chi connectivity index (χ4n) is 0.612. The standard InChI is InChI=1S/C7H8N2O/c10-4-2-1-3-7-5-8-9-6-7/h1,3-6H,2H2,(H,8,9). The Balaban J connectivity index is 2.47. The first-order chi connectivity index (χ1) is 4.93. The molecule has 1 aromatic heterocycles. The summed E-state index contributed by atoms with van der Waals surface area (Å²) in [5.41, 5.74) is 0.988. The number of aldehydes is 1. The molecule has 0 fully saturated rings. The van der Waals surface area contributed by atoms with E-state index in [1.165, 1.54) is 0 Å². The summed E-state index contributed by atoms with van der Waals surface area (Å²) in [5.74, 6) is 0. The summed E-state index contributed by atoms with van der Waals surface area (Å²) in [7, 11) is 0. The molecular formula is C7H8N2O. The molecule has 0 aromatic carbocycles. The third-order valence-electron chi connectivity index (χ3n) is 1.06. The summed E-state index contributed by atoms with van der Waals surface area (Å²) in [6.07, 6.45) is 8.42. The van der Waals surface area contributed by atoms with E-state index in [1.54, 1.807) is 18.5 Å². The average Bonchev–Trinajstić information content (AvgIpc) is 2.41. The molecule has 0 bridgehead atoms. The molecule has 0 aliphatic carbocycles. The zero-order valence-electron chi connectivity index (χ0n) is 5.45. The van der Waals surface area contributed by atoms with E-state index in [-0.39, 0.29) is 0 Å². The van der Waals surface area contributed by atoms with E-state index in [2.05, 4.69) is 10.2 Å². The number of carbonyl (C=O) groups excluding carboxylic acids is 1. The molecule has 0 saturated carbocycles. The molecule has 3 nitrogen and oxygen atoms in total. The molecule has 0 atom stereocenters. The average molecular weight is 136 g/mol. The molecule has 0 saturated heterocycles. The summed E-state index contributed by atoms with van der Waals surface area (Å²) in [5, 5.41) is 6.40.